The maximum atomic E-state index is 11.6. The van der Waals surface area contributed by atoms with Crippen LogP contribution in [0.25, 0.3) is 0 Å². The lowest BCUT2D eigenvalue weighted by atomic mass is 9.80. The Morgan fingerprint density at radius 3 is 1.81 bits per heavy atom. The molecule has 2 saturated heterocycles. The zero-order valence-electron chi connectivity index (χ0n) is 20.3. The largest absolute Gasteiger partial charge is 0.361 e. The molecule has 2 fully saturated rings. The lowest BCUT2D eigenvalue weighted by Crippen LogP contribution is -2.39. The summed E-state index contributed by atoms with van der Waals surface area (Å²) in [5, 5.41) is 7.55. The Morgan fingerprint density at radius 2 is 1.36 bits per heavy atom. The lowest BCUT2D eigenvalue weighted by Gasteiger charge is -2.37. The van der Waals surface area contributed by atoms with E-state index in [1.807, 2.05) is 68.4 Å². The number of carbonyl (C=O) groups excluding carboxylic acids is 1. The average Bonchev–Trinajstić information content (AvgIpc) is 3.40. The van der Waals surface area contributed by atoms with Gasteiger partial charge in [0.05, 0.1) is 12.2 Å². The third-order valence-electron chi connectivity index (χ3n) is 6.73. The smallest absolute Gasteiger partial charge is 0.164 e. The monoisotopic (exact) mass is 483 g/mol. The van der Waals surface area contributed by atoms with Crippen molar-refractivity contribution in [3.63, 3.8) is 0 Å². The predicted octanol–water partition coefficient (Wildman–Crippen LogP) is 4.66. The van der Waals surface area contributed by atoms with Gasteiger partial charge in [-0.2, -0.15) is 0 Å². The Kier molecular flexibility index (Phi) is 6.71. The van der Waals surface area contributed by atoms with Gasteiger partial charge in [-0.15, -0.1) is 0 Å². The number of carbonyl (C=O) groups is 1. The SMILES string of the molecule is CC1(C)O[C@@H]2[C@@H](COC(c3ccccc3)(c3ccccc3)c3ccccc3)OC(C(=C=N)C=O)[C@@H]2O1. The highest BCUT2D eigenvalue weighted by Crippen LogP contribution is 2.44. The van der Waals surface area contributed by atoms with Crippen LogP contribution in [-0.4, -0.2) is 49.0 Å². The van der Waals surface area contributed by atoms with Gasteiger partial charge in [-0.05, 0) is 36.4 Å². The van der Waals surface area contributed by atoms with Crippen molar-refractivity contribution in [2.45, 2.75) is 49.7 Å². The molecule has 2 heterocycles. The molecular formula is C30H29NO5. The van der Waals surface area contributed by atoms with Crippen molar-refractivity contribution in [1.29, 1.82) is 5.41 Å². The normalized spacial score (nSPS) is 24.6. The van der Waals surface area contributed by atoms with Crippen molar-refractivity contribution in [3.05, 3.63) is 113 Å². The molecule has 0 aliphatic carbocycles. The molecule has 0 bridgehead atoms. The Hall–Kier alpha value is -3.38. The van der Waals surface area contributed by atoms with Gasteiger partial charge in [0, 0.05) is 0 Å². The maximum absolute atomic E-state index is 11.6. The molecule has 3 aromatic rings. The summed E-state index contributed by atoms with van der Waals surface area (Å²) < 4.78 is 25.4. The van der Waals surface area contributed by atoms with Crippen molar-refractivity contribution < 1.29 is 23.7 Å². The summed E-state index contributed by atoms with van der Waals surface area (Å²) >= 11 is 0. The van der Waals surface area contributed by atoms with Crippen molar-refractivity contribution in [1.82, 2.24) is 0 Å². The number of rotatable bonds is 8. The molecule has 0 saturated carbocycles. The van der Waals surface area contributed by atoms with Crippen LogP contribution in [0, 0.1) is 5.41 Å². The fourth-order valence-corrected chi connectivity index (χ4v) is 5.21. The predicted molar refractivity (Wildman–Crippen MR) is 135 cm³/mol. The number of fused-ring (bicyclic) bond motifs is 1. The quantitative estimate of drug-likeness (QED) is 0.218. The van der Waals surface area contributed by atoms with Crippen molar-refractivity contribution in [3.8, 4) is 0 Å². The van der Waals surface area contributed by atoms with E-state index >= 15 is 0 Å². The molecule has 6 heteroatoms. The minimum Gasteiger partial charge on any atom is -0.361 e. The van der Waals surface area contributed by atoms with Crippen LogP contribution in [-0.2, 0) is 29.3 Å². The average molecular weight is 484 g/mol. The Labute approximate surface area is 211 Å². The van der Waals surface area contributed by atoms with Gasteiger partial charge in [-0.25, -0.2) is 0 Å². The molecule has 0 radical (unpaired) electrons. The number of aldehydes is 1. The van der Waals surface area contributed by atoms with E-state index in [0.29, 0.717) is 6.29 Å². The van der Waals surface area contributed by atoms with Crippen LogP contribution in [0.1, 0.15) is 30.5 Å². The highest BCUT2D eigenvalue weighted by atomic mass is 16.8. The van der Waals surface area contributed by atoms with E-state index < -0.39 is 35.8 Å². The van der Waals surface area contributed by atoms with Gasteiger partial charge in [-0.3, -0.25) is 10.2 Å². The van der Waals surface area contributed by atoms with Gasteiger partial charge in [0.25, 0.3) is 0 Å². The fourth-order valence-electron chi connectivity index (χ4n) is 5.21. The first-order valence-corrected chi connectivity index (χ1v) is 12.0. The highest BCUT2D eigenvalue weighted by molar-refractivity contribution is 5.87. The molecule has 1 unspecified atom stereocenters. The second-order valence-electron chi connectivity index (χ2n) is 9.45. The molecule has 36 heavy (non-hydrogen) atoms. The topological polar surface area (TPSA) is 77.8 Å². The third kappa shape index (κ3) is 4.35. The maximum Gasteiger partial charge on any atom is 0.164 e. The van der Waals surface area contributed by atoms with E-state index in [0.717, 1.165) is 16.7 Å². The Bertz CT molecular complexity index is 1140. The molecule has 0 amide bonds. The van der Waals surface area contributed by atoms with Crippen LogP contribution in [0.3, 0.4) is 0 Å². The standard InChI is InChI=1S/C30H29NO5/c1-29(2)35-27-25(34-26(28(27)36-29)21(18-31)19-32)20-33-30(22-12-6-3-7-13-22,23-14-8-4-9-15-23)24-16-10-5-11-17-24/h3-17,19,25-28,31H,20H2,1-2H3/t25-,26?,27-,28+/m1/s1. The number of hydrogen-bond acceptors (Lipinski definition) is 6. The third-order valence-corrected chi connectivity index (χ3v) is 6.73. The van der Waals surface area contributed by atoms with Crippen molar-refractivity contribution in [2.24, 2.45) is 0 Å². The second kappa shape index (κ2) is 9.94. The van der Waals surface area contributed by atoms with E-state index in [9.17, 15) is 4.79 Å². The number of nitrogens with one attached hydrogen (secondary N) is 1. The van der Waals surface area contributed by atoms with E-state index in [4.69, 9.17) is 24.4 Å². The number of ether oxygens (including phenoxy) is 4. The number of benzene rings is 3. The molecule has 4 atom stereocenters. The zero-order valence-corrected chi connectivity index (χ0v) is 20.3. The molecule has 0 aromatic heterocycles. The molecule has 5 rings (SSSR count). The first-order valence-electron chi connectivity index (χ1n) is 12.0. The Morgan fingerprint density at radius 1 is 0.889 bits per heavy atom. The molecule has 6 nitrogen and oxygen atoms in total. The summed E-state index contributed by atoms with van der Waals surface area (Å²) in [5.41, 5.74) is 2.11. The van der Waals surface area contributed by atoms with E-state index in [1.165, 1.54) is 0 Å². The minimum absolute atomic E-state index is 0.0919. The van der Waals surface area contributed by atoms with Crippen LogP contribution in [0.2, 0.25) is 0 Å². The summed E-state index contributed by atoms with van der Waals surface area (Å²) in [7, 11) is 0. The molecule has 3 aromatic carbocycles. The lowest BCUT2D eigenvalue weighted by molar-refractivity contribution is -0.191. The highest BCUT2D eigenvalue weighted by Gasteiger charge is 2.56. The fraction of sp³-hybridized carbons (Fsp3) is 0.300. The molecule has 184 valence electrons. The van der Waals surface area contributed by atoms with Crippen LogP contribution < -0.4 is 0 Å². The van der Waals surface area contributed by atoms with Gasteiger partial charge < -0.3 is 18.9 Å². The Balaban J connectivity index is 1.56. The van der Waals surface area contributed by atoms with Gasteiger partial charge in [0.2, 0.25) is 0 Å². The zero-order chi connectivity index (χ0) is 25.2. The summed E-state index contributed by atoms with van der Waals surface area (Å²) in [6, 6.07) is 30.3. The van der Waals surface area contributed by atoms with Gasteiger partial charge >= 0.3 is 0 Å². The first kappa shape index (κ1) is 24.3. The van der Waals surface area contributed by atoms with Crippen molar-refractivity contribution in [2.75, 3.05) is 6.61 Å². The number of hydrogen-bond donors (Lipinski definition) is 1. The summed E-state index contributed by atoms with van der Waals surface area (Å²) in [4.78, 5) is 11.6. The van der Waals surface area contributed by atoms with E-state index in [2.05, 4.69) is 42.3 Å². The molecule has 1 N–H and O–H groups in total. The summed E-state index contributed by atoms with van der Waals surface area (Å²) in [6.07, 6.45) is -1.69. The van der Waals surface area contributed by atoms with E-state index in [-0.39, 0.29) is 12.2 Å². The van der Waals surface area contributed by atoms with Crippen LogP contribution in [0.15, 0.2) is 96.6 Å². The van der Waals surface area contributed by atoms with Crippen LogP contribution in [0.5, 0.6) is 0 Å². The minimum atomic E-state index is -0.916. The van der Waals surface area contributed by atoms with E-state index in [1.54, 1.807) is 0 Å². The molecule has 0 spiro atoms. The summed E-state index contributed by atoms with van der Waals surface area (Å²) in [6.45, 7) is 3.83. The van der Waals surface area contributed by atoms with Gasteiger partial charge in [-0.1, -0.05) is 91.0 Å². The van der Waals surface area contributed by atoms with Gasteiger partial charge in [0.15, 0.2) is 12.1 Å². The molecular weight excluding hydrogens is 454 g/mol. The molecule has 2 aliphatic rings. The van der Waals surface area contributed by atoms with Crippen LogP contribution in [0.4, 0.5) is 0 Å². The molecule has 2 aliphatic heterocycles. The van der Waals surface area contributed by atoms with Crippen molar-refractivity contribution >= 4 is 12.2 Å². The van der Waals surface area contributed by atoms with Crippen LogP contribution >= 0.6 is 0 Å². The summed E-state index contributed by atoms with van der Waals surface area (Å²) in [5.74, 6) is 1.36. The van der Waals surface area contributed by atoms with Gasteiger partial charge in [0.1, 0.15) is 30.0 Å². The first-order chi connectivity index (χ1) is 17.5. The second-order valence-corrected chi connectivity index (χ2v) is 9.45.